The number of aromatic nitrogens is 2. The fourth-order valence-electron chi connectivity index (χ4n) is 3.22. The number of hydrogen-bond donors (Lipinski definition) is 1. The number of carbonyl (C=O) groups is 1. The Balaban J connectivity index is 1.59. The molecule has 26 heavy (non-hydrogen) atoms. The van der Waals surface area contributed by atoms with E-state index in [0.717, 1.165) is 31.7 Å². The quantitative estimate of drug-likeness (QED) is 0.814. The lowest BCUT2D eigenvalue weighted by Crippen LogP contribution is -2.48. The number of amides is 1. The molecule has 1 aliphatic heterocycles. The summed E-state index contributed by atoms with van der Waals surface area (Å²) in [6, 6.07) is 6.66. The SMILES string of the molecule is CN1CCN(C(CNC(=O)CCn2ccnc2)c2ccc(F)cc2)CC1. The Kier molecular flexibility index (Phi) is 6.35. The number of benzene rings is 1. The fraction of sp³-hybridized carbons (Fsp3) is 0.474. The van der Waals surface area contributed by atoms with E-state index in [1.807, 2.05) is 22.9 Å². The Morgan fingerprint density at radius 2 is 1.96 bits per heavy atom. The van der Waals surface area contributed by atoms with E-state index in [2.05, 4.69) is 27.1 Å². The fourth-order valence-corrected chi connectivity index (χ4v) is 3.22. The minimum Gasteiger partial charge on any atom is -0.354 e. The first-order valence-electron chi connectivity index (χ1n) is 9.02. The molecule has 1 unspecified atom stereocenters. The highest BCUT2D eigenvalue weighted by atomic mass is 19.1. The van der Waals surface area contributed by atoms with Gasteiger partial charge in [-0.2, -0.15) is 0 Å². The summed E-state index contributed by atoms with van der Waals surface area (Å²) in [7, 11) is 2.11. The second kappa shape index (κ2) is 8.91. The smallest absolute Gasteiger partial charge is 0.221 e. The standard InChI is InChI=1S/C19H26FN5O/c1-23-10-12-25(13-11-23)18(16-2-4-17(20)5-3-16)14-22-19(26)6-8-24-9-7-21-15-24/h2-5,7,9,15,18H,6,8,10-14H2,1H3,(H,22,26). The Morgan fingerprint density at radius 1 is 1.23 bits per heavy atom. The second-order valence-corrected chi connectivity index (χ2v) is 6.76. The molecule has 2 aromatic rings. The van der Waals surface area contributed by atoms with Crippen LogP contribution in [0.1, 0.15) is 18.0 Å². The zero-order chi connectivity index (χ0) is 18.4. The summed E-state index contributed by atoms with van der Waals surface area (Å²) in [5.74, 6) is -0.227. The Labute approximate surface area is 153 Å². The number of rotatable bonds is 7. The average Bonchev–Trinajstić information content (AvgIpc) is 3.16. The zero-order valence-corrected chi connectivity index (χ0v) is 15.1. The number of imidazole rings is 1. The monoisotopic (exact) mass is 359 g/mol. The maximum Gasteiger partial charge on any atom is 0.221 e. The van der Waals surface area contributed by atoms with Crippen molar-refractivity contribution in [3.8, 4) is 0 Å². The number of halogens is 1. The van der Waals surface area contributed by atoms with Crippen LogP contribution in [-0.2, 0) is 11.3 Å². The van der Waals surface area contributed by atoms with Gasteiger partial charge in [0.05, 0.1) is 12.4 Å². The molecule has 2 heterocycles. The average molecular weight is 359 g/mol. The number of likely N-dealkylation sites (N-methyl/N-ethyl adjacent to an activating group) is 1. The van der Waals surface area contributed by atoms with Crippen molar-refractivity contribution in [2.45, 2.75) is 19.0 Å². The molecule has 7 heteroatoms. The minimum atomic E-state index is -0.241. The number of carbonyl (C=O) groups excluding carboxylic acids is 1. The van der Waals surface area contributed by atoms with Crippen LogP contribution in [0.5, 0.6) is 0 Å². The molecule has 140 valence electrons. The van der Waals surface area contributed by atoms with E-state index in [0.29, 0.717) is 19.5 Å². The molecule has 3 rings (SSSR count). The minimum absolute atomic E-state index is 0.0138. The van der Waals surface area contributed by atoms with Crippen molar-refractivity contribution in [3.05, 3.63) is 54.4 Å². The number of piperazine rings is 1. The van der Waals surface area contributed by atoms with Gasteiger partial charge in [-0.1, -0.05) is 12.1 Å². The maximum absolute atomic E-state index is 13.3. The number of nitrogens with zero attached hydrogens (tertiary/aromatic N) is 4. The largest absolute Gasteiger partial charge is 0.354 e. The molecule has 1 saturated heterocycles. The van der Waals surface area contributed by atoms with Crippen LogP contribution < -0.4 is 5.32 Å². The van der Waals surface area contributed by atoms with Gasteiger partial charge in [-0.15, -0.1) is 0 Å². The first kappa shape index (κ1) is 18.5. The van der Waals surface area contributed by atoms with Crippen molar-refractivity contribution < 1.29 is 9.18 Å². The van der Waals surface area contributed by atoms with E-state index >= 15 is 0 Å². The topological polar surface area (TPSA) is 53.4 Å². The van der Waals surface area contributed by atoms with Gasteiger partial charge >= 0.3 is 0 Å². The molecule has 1 amide bonds. The van der Waals surface area contributed by atoms with Crippen LogP contribution in [0, 0.1) is 5.82 Å². The third-order valence-electron chi connectivity index (χ3n) is 4.88. The summed E-state index contributed by atoms with van der Waals surface area (Å²) in [4.78, 5) is 20.9. The molecule has 0 spiro atoms. The normalized spacial score (nSPS) is 17.2. The van der Waals surface area contributed by atoms with E-state index in [1.165, 1.54) is 12.1 Å². The molecule has 6 nitrogen and oxygen atoms in total. The van der Waals surface area contributed by atoms with Gasteiger partial charge in [0.1, 0.15) is 5.82 Å². The lowest BCUT2D eigenvalue weighted by Gasteiger charge is -2.38. The highest BCUT2D eigenvalue weighted by Gasteiger charge is 2.24. The second-order valence-electron chi connectivity index (χ2n) is 6.76. The molecule has 1 N–H and O–H groups in total. The number of hydrogen-bond acceptors (Lipinski definition) is 4. The van der Waals surface area contributed by atoms with Gasteiger partial charge in [0.25, 0.3) is 0 Å². The first-order chi connectivity index (χ1) is 12.6. The van der Waals surface area contributed by atoms with Gasteiger partial charge in [0, 0.05) is 58.1 Å². The predicted octanol–water partition coefficient (Wildman–Crippen LogP) is 1.52. The van der Waals surface area contributed by atoms with Crippen molar-refractivity contribution in [1.82, 2.24) is 24.7 Å². The van der Waals surface area contributed by atoms with Gasteiger partial charge < -0.3 is 14.8 Å². The summed E-state index contributed by atoms with van der Waals surface area (Å²) in [6.45, 7) is 4.99. The van der Waals surface area contributed by atoms with Gasteiger partial charge in [0.15, 0.2) is 0 Å². The molecule has 1 aliphatic rings. The lowest BCUT2D eigenvalue weighted by atomic mass is 10.0. The molecular weight excluding hydrogens is 333 g/mol. The van der Waals surface area contributed by atoms with E-state index in [-0.39, 0.29) is 17.8 Å². The highest BCUT2D eigenvalue weighted by molar-refractivity contribution is 5.75. The van der Waals surface area contributed by atoms with E-state index in [4.69, 9.17) is 0 Å². The summed E-state index contributed by atoms with van der Waals surface area (Å²) in [6.07, 6.45) is 5.67. The third-order valence-corrected chi connectivity index (χ3v) is 4.88. The van der Waals surface area contributed by atoms with Crippen LogP contribution in [-0.4, -0.2) is 65.0 Å². The van der Waals surface area contributed by atoms with E-state index in [1.54, 1.807) is 12.5 Å². The molecular formula is C19H26FN5O. The Bertz CT molecular complexity index is 680. The van der Waals surface area contributed by atoms with E-state index < -0.39 is 0 Å². The zero-order valence-electron chi connectivity index (χ0n) is 15.1. The Hall–Kier alpha value is -2.25. The van der Waals surface area contributed by atoms with Crippen molar-refractivity contribution >= 4 is 5.91 Å². The summed E-state index contributed by atoms with van der Waals surface area (Å²) in [5, 5.41) is 3.05. The van der Waals surface area contributed by atoms with E-state index in [9.17, 15) is 9.18 Å². The number of aryl methyl sites for hydroxylation is 1. The lowest BCUT2D eigenvalue weighted by molar-refractivity contribution is -0.121. The van der Waals surface area contributed by atoms with Gasteiger partial charge in [0.2, 0.25) is 5.91 Å². The Morgan fingerprint density at radius 3 is 2.62 bits per heavy atom. The molecule has 1 aromatic carbocycles. The third kappa shape index (κ3) is 5.12. The molecule has 0 saturated carbocycles. The van der Waals surface area contributed by atoms with Gasteiger partial charge in [-0.3, -0.25) is 9.69 Å². The molecule has 0 radical (unpaired) electrons. The van der Waals surface area contributed by atoms with Crippen LogP contribution in [0.3, 0.4) is 0 Å². The van der Waals surface area contributed by atoms with Crippen LogP contribution in [0.25, 0.3) is 0 Å². The van der Waals surface area contributed by atoms with Crippen LogP contribution in [0.15, 0.2) is 43.0 Å². The van der Waals surface area contributed by atoms with Crippen LogP contribution in [0.4, 0.5) is 4.39 Å². The first-order valence-corrected chi connectivity index (χ1v) is 9.02. The van der Waals surface area contributed by atoms with Gasteiger partial charge in [-0.25, -0.2) is 9.37 Å². The van der Waals surface area contributed by atoms with Crippen molar-refractivity contribution in [3.63, 3.8) is 0 Å². The highest BCUT2D eigenvalue weighted by Crippen LogP contribution is 2.22. The van der Waals surface area contributed by atoms with Crippen molar-refractivity contribution in [2.75, 3.05) is 39.8 Å². The van der Waals surface area contributed by atoms with Gasteiger partial charge in [-0.05, 0) is 24.7 Å². The predicted molar refractivity (Wildman–Crippen MR) is 98.1 cm³/mol. The molecule has 1 aromatic heterocycles. The summed E-state index contributed by atoms with van der Waals surface area (Å²) in [5.41, 5.74) is 1.03. The van der Waals surface area contributed by atoms with Crippen molar-refractivity contribution in [1.29, 1.82) is 0 Å². The summed E-state index contributed by atoms with van der Waals surface area (Å²) < 4.78 is 15.2. The van der Waals surface area contributed by atoms with Crippen molar-refractivity contribution in [2.24, 2.45) is 0 Å². The van der Waals surface area contributed by atoms with Crippen LogP contribution >= 0.6 is 0 Å². The number of nitrogens with one attached hydrogen (secondary N) is 1. The molecule has 0 bridgehead atoms. The molecule has 1 atom stereocenters. The molecule has 1 fully saturated rings. The summed E-state index contributed by atoms with van der Waals surface area (Å²) >= 11 is 0. The van der Waals surface area contributed by atoms with Crippen LogP contribution in [0.2, 0.25) is 0 Å². The molecule has 0 aliphatic carbocycles. The maximum atomic E-state index is 13.3.